The van der Waals surface area contributed by atoms with Crippen LogP contribution in [0, 0.1) is 0 Å². The van der Waals surface area contributed by atoms with E-state index in [-0.39, 0.29) is 19.2 Å². The Morgan fingerprint density at radius 2 is 2.22 bits per heavy atom. The molecule has 3 rings (SSSR count). The van der Waals surface area contributed by atoms with Gasteiger partial charge in [0.1, 0.15) is 30.7 Å². The average molecular weight is 325 g/mol. The molecule has 0 aliphatic carbocycles. The number of ether oxygens (including phenoxy) is 3. The molecular formula is C13H19N5O5. The van der Waals surface area contributed by atoms with Crippen molar-refractivity contribution in [2.75, 3.05) is 32.7 Å². The lowest BCUT2D eigenvalue weighted by Gasteiger charge is -2.20. The van der Waals surface area contributed by atoms with E-state index in [0.717, 1.165) is 0 Å². The van der Waals surface area contributed by atoms with Crippen molar-refractivity contribution in [1.82, 2.24) is 19.6 Å². The number of rotatable bonds is 6. The van der Waals surface area contributed by atoms with E-state index >= 15 is 0 Å². The quantitative estimate of drug-likeness (QED) is 0.543. The van der Waals surface area contributed by atoms with Crippen molar-refractivity contribution in [1.29, 1.82) is 0 Å². The molecular weight excluding hydrogens is 306 g/mol. The molecule has 10 heteroatoms. The summed E-state index contributed by atoms with van der Waals surface area (Å²) >= 11 is 0. The molecule has 10 nitrogen and oxygen atoms in total. The van der Waals surface area contributed by atoms with E-state index in [2.05, 4.69) is 15.1 Å². The molecule has 23 heavy (non-hydrogen) atoms. The van der Waals surface area contributed by atoms with Crippen LogP contribution in [0.2, 0.25) is 0 Å². The van der Waals surface area contributed by atoms with Crippen LogP contribution in [0.15, 0.2) is 12.5 Å². The zero-order chi connectivity index (χ0) is 16.4. The van der Waals surface area contributed by atoms with Crippen LogP contribution in [-0.4, -0.2) is 75.0 Å². The molecule has 1 saturated heterocycles. The fraction of sp³-hybridized carbons (Fsp3) is 0.615. The van der Waals surface area contributed by atoms with Crippen LogP contribution in [0.25, 0.3) is 5.65 Å². The minimum atomic E-state index is -0.976. The lowest BCUT2D eigenvalue weighted by molar-refractivity contribution is -0.0528. The number of fused-ring (bicyclic) bond motifs is 1. The normalized spacial score (nSPS) is 27.8. The SMILES string of the molecule is COCCOC1C(c2cnn3c(N)ncnc23)OC(CO)C1O. The van der Waals surface area contributed by atoms with Gasteiger partial charge in [-0.15, -0.1) is 0 Å². The van der Waals surface area contributed by atoms with Gasteiger partial charge in [-0.25, -0.2) is 9.97 Å². The van der Waals surface area contributed by atoms with Crippen LogP contribution >= 0.6 is 0 Å². The second kappa shape index (κ2) is 6.72. The number of anilines is 1. The Kier molecular flexibility index (Phi) is 4.68. The first kappa shape index (κ1) is 16.0. The van der Waals surface area contributed by atoms with Crippen molar-refractivity contribution < 1.29 is 24.4 Å². The van der Waals surface area contributed by atoms with Gasteiger partial charge in [-0.2, -0.15) is 9.61 Å². The van der Waals surface area contributed by atoms with Crippen LogP contribution < -0.4 is 5.73 Å². The Balaban J connectivity index is 1.92. The summed E-state index contributed by atoms with van der Waals surface area (Å²) in [7, 11) is 1.56. The van der Waals surface area contributed by atoms with Gasteiger partial charge in [0.25, 0.3) is 0 Å². The van der Waals surface area contributed by atoms with Gasteiger partial charge in [0.15, 0.2) is 5.65 Å². The molecule has 1 aliphatic heterocycles. The molecule has 0 aromatic carbocycles. The van der Waals surface area contributed by atoms with Crippen molar-refractivity contribution >= 4 is 11.6 Å². The van der Waals surface area contributed by atoms with Crippen molar-refractivity contribution in [2.24, 2.45) is 0 Å². The standard InChI is InChI=1S/C13H19N5O5/c1-21-2-3-22-11-9(20)8(5-19)23-10(11)7-4-17-18-12(7)15-6-16-13(18)14/h4,6,8-11,19-20H,2-3,5H2,1H3,(H2,14,15,16). The van der Waals surface area contributed by atoms with Gasteiger partial charge in [0.05, 0.1) is 26.0 Å². The molecule has 1 aliphatic rings. The van der Waals surface area contributed by atoms with Crippen molar-refractivity contribution in [3.05, 3.63) is 18.1 Å². The van der Waals surface area contributed by atoms with Gasteiger partial charge in [-0.1, -0.05) is 0 Å². The lowest BCUT2D eigenvalue weighted by atomic mass is 10.0. The van der Waals surface area contributed by atoms with Gasteiger partial charge in [-0.3, -0.25) is 0 Å². The van der Waals surface area contributed by atoms with Gasteiger partial charge < -0.3 is 30.2 Å². The Morgan fingerprint density at radius 3 is 2.96 bits per heavy atom. The number of nitrogens with zero attached hydrogens (tertiary/aromatic N) is 4. The second-order valence-electron chi connectivity index (χ2n) is 5.16. The van der Waals surface area contributed by atoms with Gasteiger partial charge >= 0.3 is 0 Å². The van der Waals surface area contributed by atoms with E-state index in [4.69, 9.17) is 19.9 Å². The summed E-state index contributed by atoms with van der Waals surface area (Å²) in [5, 5.41) is 23.8. The molecule has 0 amide bonds. The predicted octanol–water partition coefficient (Wildman–Crippen LogP) is -1.47. The molecule has 2 aromatic rings. The van der Waals surface area contributed by atoms with E-state index in [9.17, 15) is 10.2 Å². The highest BCUT2D eigenvalue weighted by Crippen LogP contribution is 2.37. The highest BCUT2D eigenvalue weighted by Gasteiger charge is 2.46. The maximum absolute atomic E-state index is 10.3. The zero-order valence-corrected chi connectivity index (χ0v) is 12.6. The number of nitrogen functional groups attached to an aromatic ring is 1. The third-order valence-corrected chi connectivity index (χ3v) is 3.78. The summed E-state index contributed by atoms with van der Waals surface area (Å²) in [6.07, 6.45) is -0.162. The monoisotopic (exact) mass is 325 g/mol. The van der Waals surface area contributed by atoms with E-state index in [1.54, 1.807) is 13.3 Å². The summed E-state index contributed by atoms with van der Waals surface area (Å²) < 4.78 is 17.7. The molecule has 4 N–H and O–H groups in total. The Labute approximate surface area is 131 Å². The summed E-state index contributed by atoms with van der Waals surface area (Å²) in [5.74, 6) is 0.190. The Bertz CT molecular complexity index is 665. The third-order valence-electron chi connectivity index (χ3n) is 3.78. The summed E-state index contributed by atoms with van der Waals surface area (Å²) in [6.45, 7) is 0.342. The number of methoxy groups -OCH3 is 1. The minimum absolute atomic E-state index is 0.190. The zero-order valence-electron chi connectivity index (χ0n) is 12.6. The molecule has 3 heterocycles. The smallest absolute Gasteiger partial charge is 0.224 e. The van der Waals surface area contributed by atoms with Gasteiger partial charge in [0.2, 0.25) is 5.95 Å². The van der Waals surface area contributed by atoms with Gasteiger partial charge in [0, 0.05) is 12.7 Å². The lowest BCUT2D eigenvalue weighted by Crippen LogP contribution is -2.35. The van der Waals surface area contributed by atoms with E-state index in [0.29, 0.717) is 17.8 Å². The molecule has 0 spiro atoms. The fourth-order valence-corrected chi connectivity index (χ4v) is 2.64. The van der Waals surface area contributed by atoms with Gasteiger partial charge in [-0.05, 0) is 0 Å². The summed E-state index contributed by atoms with van der Waals surface area (Å²) in [5.41, 5.74) is 6.83. The average Bonchev–Trinajstić information content (AvgIpc) is 3.10. The number of aliphatic hydroxyl groups is 2. The minimum Gasteiger partial charge on any atom is -0.394 e. The molecule has 126 valence electrons. The molecule has 2 aromatic heterocycles. The number of aromatic nitrogens is 4. The summed E-state index contributed by atoms with van der Waals surface area (Å²) in [4.78, 5) is 8.02. The third kappa shape index (κ3) is 2.86. The Morgan fingerprint density at radius 1 is 1.39 bits per heavy atom. The first-order valence-electron chi connectivity index (χ1n) is 7.16. The highest BCUT2D eigenvalue weighted by atomic mass is 16.6. The van der Waals surface area contributed by atoms with Crippen molar-refractivity contribution in [3.8, 4) is 0 Å². The maximum Gasteiger partial charge on any atom is 0.224 e. The number of aliphatic hydroxyl groups excluding tert-OH is 2. The van der Waals surface area contributed by atoms with Crippen molar-refractivity contribution in [3.63, 3.8) is 0 Å². The number of nitrogens with two attached hydrogens (primary N) is 1. The Hall–Kier alpha value is -1.85. The van der Waals surface area contributed by atoms with Crippen LogP contribution in [-0.2, 0) is 14.2 Å². The molecule has 4 atom stereocenters. The topological polar surface area (TPSA) is 137 Å². The number of hydrogen-bond acceptors (Lipinski definition) is 9. The number of hydrogen-bond donors (Lipinski definition) is 3. The first-order chi connectivity index (χ1) is 11.2. The van der Waals surface area contributed by atoms with Crippen LogP contribution in [0.1, 0.15) is 11.7 Å². The molecule has 0 bridgehead atoms. The summed E-state index contributed by atoms with van der Waals surface area (Å²) in [6, 6.07) is 0. The fourth-order valence-electron chi connectivity index (χ4n) is 2.64. The van der Waals surface area contributed by atoms with E-state index in [1.165, 1.54) is 10.8 Å². The molecule has 0 saturated carbocycles. The van der Waals surface area contributed by atoms with Crippen LogP contribution in [0.4, 0.5) is 5.95 Å². The second-order valence-corrected chi connectivity index (χ2v) is 5.16. The van der Waals surface area contributed by atoms with E-state index < -0.39 is 24.4 Å². The molecule has 0 radical (unpaired) electrons. The predicted molar refractivity (Wildman–Crippen MR) is 77.5 cm³/mol. The van der Waals surface area contributed by atoms with Crippen LogP contribution in [0.3, 0.4) is 0 Å². The molecule has 1 fully saturated rings. The van der Waals surface area contributed by atoms with E-state index in [1.807, 2.05) is 0 Å². The van der Waals surface area contributed by atoms with Crippen molar-refractivity contribution in [2.45, 2.75) is 24.4 Å². The maximum atomic E-state index is 10.3. The van der Waals surface area contributed by atoms with Crippen LogP contribution in [0.5, 0.6) is 0 Å². The largest absolute Gasteiger partial charge is 0.394 e. The molecule has 4 unspecified atom stereocenters. The highest BCUT2D eigenvalue weighted by molar-refractivity contribution is 5.50. The first-order valence-corrected chi connectivity index (χ1v) is 7.16.